The molecule has 0 unspecified atom stereocenters. The number of ether oxygens (including phenoxy) is 1. The van der Waals surface area contributed by atoms with Crippen molar-refractivity contribution in [2.45, 2.75) is 44.4 Å². The molecule has 106 valence electrons. The maximum Gasteiger partial charge on any atom is 0.217 e. The van der Waals surface area contributed by atoms with Crippen LogP contribution in [0.25, 0.3) is 0 Å². The van der Waals surface area contributed by atoms with Crippen LogP contribution >= 0.6 is 0 Å². The van der Waals surface area contributed by atoms with E-state index in [0.717, 1.165) is 0 Å². The molecule has 6 nitrogen and oxygen atoms in total. The molecule has 0 aromatic rings. The second kappa shape index (κ2) is 6.49. The number of hydrogen-bond acceptors (Lipinski definition) is 4. The Hall–Kier alpha value is -0.660. The first-order chi connectivity index (χ1) is 8.35. The lowest BCUT2D eigenvalue weighted by Crippen LogP contribution is -2.45. The molecule has 0 aromatic carbocycles. The fourth-order valence-corrected chi connectivity index (χ4v) is 4.18. The highest BCUT2D eigenvalue weighted by Gasteiger charge is 2.34. The molecule has 0 amide bonds. The normalized spacial score (nSPS) is 18.4. The lowest BCUT2D eigenvalue weighted by atomic mass is 10.2. The number of nitrogens with zero attached hydrogens (tertiary/aromatic N) is 1. The van der Waals surface area contributed by atoms with E-state index in [1.807, 2.05) is 13.8 Å². The maximum absolute atomic E-state index is 12.5. The fraction of sp³-hybridized carbons (Fsp3) is 0.909. The first-order valence-corrected chi connectivity index (χ1v) is 7.77. The number of hydrogen-bond donors (Lipinski definition) is 2. The minimum Gasteiger partial charge on any atom is -0.388 e. The second-order valence-electron chi connectivity index (χ2n) is 4.84. The predicted octanol–water partition coefficient (Wildman–Crippen LogP) is 0.532. The molecule has 1 aliphatic heterocycles. The zero-order valence-corrected chi connectivity index (χ0v) is 11.9. The Morgan fingerprint density at radius 3 is 2.44 bits per heavy atom. The van der Waals surface area contributed by atoms with Crippen molar-refractivity contribution in [2.75, 3.05) is 19.8 Å². The van der Waals surface area contributed by atoms with Crippen molar-refractivity contribution < 1.29 is 13.2 Å². The van der Waals surface area contributed by atoms with E-state index in [0.29, 0.717) is 26.1 Å². The molecule has 0 spiro atoms. The van der Waals surface area contributed by atoms with Gasteiger partial charge in [-0.2, -0.15) is 4.31 Å². The predicted molar refractivity (Wildman–Crippen MR) is 71.1 cm³/mol. The van der Waals surface area contributed by atoms with E-state index < -0.39 is 10.0 Å². The number of rotatable bonds is 6. The van der Waals surface area contributed by atoms with Crippen molar-refractivity contribution in [3.05, 3.63) is 0 Å². The van der Waals surface area contributed by atoms with Gasteiger partial charge in [-0.25, -0.2) is 8.42 Å². The molecule has 1 heterocycles. The average molecular weight is 277 g/mol. The molecule has 0 radical (unpaired) electrons. The summed E-state index contributed by atoms with van der Waals surface area (Å²) >= 11 is 0. The van der Waals surface area contributed by atoms with Gasteiger partial charge in [-0.05, 0) is 26.7 Å². The van der Waals surface area contributed by atoms with Crippen molar-refractivity contribution in [1.82, 2.24) is 4.31 Å². The first kappa shape index (κ1) is 15.4. The summed E-state index contributed by atoms with van der Waals surface area (Å²) in [6, 6.07) is -0.114. The molecule has 0 aliphatic carbocycles. The van der Waals surface area contributed by atoms with Gasteiger partial charge in [0.05, 0.1) is 11.1 Å². The Bertz CT molecular complexity index is 375. The molecular formula is C11H23N3O3S. The van der Waals surface area contributed by atoms with Crippen LogP contribution < -0.4 is 5.73 Å². The summed E-state index contributed by atoms with van der Waals surface area (Å²) in [5.41, 5.74) is 5.30. The second-order valence-corrected chi connectivity index (χ2v) is 7.00. The Morgan fingerprint density at radius 2 is 2.00 bits per heavy atom. The van der Waals surface area contributed by atoms with Crippen LogP contribution in [0.2, 0.25) is 0 Å². The van der Waals surface area contributed by atoms with Crippen LogP contribution in [0.1, 0.15) is 33.1 Å². The maximum atomic E-state index is 12.5. The Balaban J connectivity index is 2.78. The summed E-state index contributed by atoms with van der Waals surface area (Å²) in [5.74, 6) is 0.0165. The van der Waals surface area contributed by atoms with E-state index >= 15 is 0 Å². The Kier molecular flexibility index (Phi) is 5.55. The zero-order chi connectivity index (χ0) is 13.8. The van der Waals surface area contributed by atoms with E-state index in [1.165, 1.54) is 4.31 Å². The summed E-state index contributed by atoms with van der Waals surface area (Å²) in [6.07, 6.45) is 1.37. The summed E-state index contributed by atoms with van der Waals surface area (Å²) in [4.78, 5) is 0. The smallest absolute Gasteiger partial charge is 0.217 e. The molecule has 7 heteroatoms. The molecule has 3 N–H and O–H groups in total. The van der Waals surface area contributed by atoms with Crippen LogP contribution in [-0.2, 0) is 14.8 Å². The highest BCUT2D eigenvalue weighted by atomic mass is 32.2. The molecule has 18 heavy (non-hydrogen) atoms. The van der Waals surface area contributed by atoms with E-state index in [9.17, 15) is 8.42 Å². The number of amidine groups is 1. The Morgan fingerprint density at radius 1 is 1.44 bits per heavy atom. The van der Waals surface area contributed by atoms with Crippen molar-refractivity contribution in [2.24, 2.45) is 5.73 Å². The lowest BCUT2D eigenvalue weighted by molar-refractivity contribution is 0.0969. The minimum absolute atomic E-state index is 0.0165. The van der Waals surface area contributed by atoms with Crippen molar-refractivity contribution in [3.8, 4) is 0 Å². The van der Waals surface area contributed by atoms with Crippen LogP contribution in [0.5, 0.6) is 0 Å². The molecular weight excluding hydrogens is 254 g/mol. The van der Waals surface area contributed by atoms with E-state index in [4.69, 9.17) is 15.9 Å². The van der Waals surface area contributed by atoms with Crippen molar-refractivity contribution in [3.63, 3.8) is 0 Å². The van der Waals surface area contributed by atoms with Gasteiger partial charge in [0.1, 0.15) is 0 Å². The molecule has 1 saturated heterocycles. The lowest BCUT2D eigenvalue weighted by Gasteiger charge is -2.32. The SMILES string of the molecule is CC(C)N(CCC(=N)N)S(=O)(=O)C1CCOCC1. The summed E-state index contributed by atoms with van der Waals surface area (Å²) in [5, 5.41) is 6.85. The van der Waals surface area contributed by atoms with Crippen LogP contribution in [-0.4, -0.2) is 49.6 Å². The van der Waals surface area contributed by atoms with Gasteiger partial charge in [0, 0.05) is 32.2 Å². The van der Waals surface area contributed by atoms with Gasteiger partial charge in [-0.15, -0.1) is 0 Å². The zero-order valence-electron chi connectivity index (χ0n) is 11.1. The topological polar surface area (TPSA) is 96.5 Å². The Labute approximate surface area is 109 Å². The third-order valence-electron chi connectivity index (χ3n) is 3.09. The molecule has 1 fully saturated rings. The monoisotopic (exact) mass is 277 g/mol. The number of nitrogens with two attached hydrogens (primary N) is 1. The van der Waals surface area contributed by atoms with Crippen LogP contribution in [0.3, 0.4) is 0 Å². The third-order valence-corrected chi connectivity index (χ3v) is 5.67. The van der Waals surface area contributed by atoms with E-state index in [1.54, 1.807) is 0 Å². The van der Waals surface area contributed by atoms with Gasteiger partial charge in [0.15, 0.2) is 0 Å². The molecule has 0 bridgehead atoms. The number of sulfonamides is 1. The highest BCUT2D eigenvalue weighted by Crippen LogP contribution is 2.21. The van der Waals surface area contributed by atoms with E-state index in [-0.39, 0.29) is 30.1 Å². The van der Waals surface area contributed by atoms with Crippen molar-refractivity contribution in [1.29, 1.82) is 5.41 Å². The largest absolute Gasteiger partial charge is 0.388 e. The van der Waals surface area contributed by atoms with Crippen LogP contribution in [0, 0.1) is 5.41 Å². The van der Waals surface area contributed by atoms with Gasteiger partial charge < -0.3 is 10.5 Å². The summed E-state index contributed by atoms with van der Waals surface area (Å²) in [7, 11) is -3.32. The van der Waals surface area contributed by atoms with Crippen molar-refractivity contribution >= 4 is 15.9 Å². The van der Waals surface area contributed by atoms with Gasteiger partial charge >= 0.3 is 0 Å². The molecule has 0 atom stereocenters. The van der Waals surface area contributed by atoms with Crippen LogP contribution in [0.15, 0.2) is 0 Å². The third kappa shape index (κ3) is 3.93. The first-order valence-electron chi connectivity index (χ1n) is 6.27. The molecule has 1 rings (SSSR count). The van der Waals surface area contributed by atoms with Gasteiger partial charge in [-0.3, -0.25) is 5.41 Å². The minimum atomic E-state index is -3.32. The van der Waals surface area contributed by atoms with E-state index in [2.05, 4.69) is 0 Å². The van der Waals surface area contributed by atoms with Crippen LogP contribution in [0.4, 0.5) is 0 Å². The van der Waals surface area contributed by atoms with Gasteiger partial charge in [-0.1, -0.05) is 0 Å². The molecule has 1 aliphatic rings. The van der Waals surface area contributed by atoms with Gasteiger partial charge in [0.2, 0.25) is 10.0 Å². The average Bonchev–Trinajstić information content (AvgIpc) is 2.29. The molecule has 0 aromatic heterocycles. The highest BCUT2D eigenvalue weighted by molar-refractivity contribution is 7.89. The molecule has 0 saturated carbocycles. The number of nitrogens with one attached hydrogen (secondary N) is 1. The standard InChI is InChI=1S/C11H23N3O3S/c1-9(2)14(6-3-11(12)13)18(15,16)10-4-7-17-8-5-10/h9-10H,3-8H2,1-2H3,(H3,12,13). The summed E-state index contributed by atoms with van der Waals surface area (Å²) in [6.45, 7) is 4.98. The quantitative estimate of drug-likeness (QED) is 0.547. The van der Waals surface area contributed by atoms with Gasteiger partial charge in [0.25, 0.3) is 0 Å². The summed E-state index contributed by atoms with van der Waals surface area (Å²) < 4.78 is 31.7. The fourth-order valence-electron chi connectivity index (χ4n) is 2.08.